The number of phenols is 1. The molecule has 6 heteroatoms. The number of hydrogen-bond donors (Lipinski definition) is 2. The molecule has 2 N–H and O–H groups in total. The van der Waals surface area contributed by atoms with Gasteiger partial charge < -0.3 is 14.9 Å². The first kappa shape index (κ1) is 14.1. The van der Waals surface area contributed by atoms with Gasteiger partial charge in [0.2, 0.25) is 0 Å². The summed E-state index contributed by atoms with van der Waals surface area (Å²) < 4.78 is 5.62. The molecule has 2 aromatic carbocycles. The number of rotatable bonds is 3. The lowest BCUT2D eigenvalue weighted by Gasteiger charge is -2.08. The molecular formula is C14H9BrO5. The first-order valence-electron chi connectivity index (χ1n) is 5.52. The Labute approximate surface area is 122 Å². The van der Waals surface area contributed by atoms with Crippen molar-refractivity contribution in [3.63, 3.8) is 0 Å². The highest BCUT2D eigenvalue weighted by molar-refractivity contribution is 9.10. The average molecular weight is 337 g/mol. The second-order valence-electron chi connectivity index (χ2n) is 3.85. The molecule has 0 amide bonds. The van der Waals surface area contributed by atoms with Gasteiger partial charge in [-0.25, -0.2) is 9.59 Å². The number of carbonyl (C=O) groups is 2. The number of carbonyl (C=O) groups excluding carboxylic acids is 1. The maximum atomic E-state index is 12.0. The van der Waals surface area contributed by atoms with Crippen molar-refractivity contribution in [2.75, 3.05) is 0 Å². The summed E-state index contributed by atoms with van der Waals surface area (Å²) in [7, 11) is 0. The van der Waals surface area contributed by atoms with E-state index < -0.39 is 11.9 Å². The number of halogens is 1. The Morgan fingerprint density at radius 2 is 1.75 bits per heavy atom. The fourth-order valence-electron chi connectivity index (χ4n) is 1.56. The first-order valence-corrected chi connectivity index (χ1v) is 6.31. The zero-order valence-electron chi connectivity index (χ0n) is 10.0. The topological polar surface area (TPSA) is 83.8 Å². The van der Waals surface area contributed by atoms with Crippen LogP contribution in [0.25, 0.3) is 0 Å². The predicted octanol–water partition coefficient (Wildman–Crippen LogP) is 3.07. The molecular weight excluding hydrogens is 328 g/mol. The molecule has 5 nitrogen and oxygen atoms in total. The molecule has 2 aromatic rings. The molecule has 0 fully saturated rings. The largest absolute Gasteiger partial charge is 0.507 e. The standard InChI is InChI=1S/C14H9BrO5/c15-8-5-6-11(16)10(7-8)14(19)20-12-4-2-1-3-9(12)13(17)18/h1-7,16H,(H,17,18). The molecule has 0 atom stereocenters. The normalized spacial score (nSPS) is 10.1. The molecule has 0 unspecified atom stereocenters. The van der Waals surface area contributed by atoms with Crippen LogP contribution in [0.3, 0.4) is 0 Å². The van der Waals surface area contributed by atoms with Gasteiger partial charge in [0.1, 0.15) is 22.6 Å². The van der Waals surface area contributed by atoms with E-state index in [4.69, 9.17) is 9.84 Å². The van der Waals surface area contributed by atoms with Crippen LogP contribution < -0.4 is 4.74 Å². The number of aromatic carboxylic acids is 1. The minimum absolute atomic E-state index is 0.0560. The third-order valence-electron chi connectivity index (χ3n) is 2.50. The van der Waals surface area contributed by atoms with Crippen molar-refractivity contribution in [3.8, 4) is 11.5 Å². The summed E-state index contributed by atoms with van der Waals surface area (Å²) in [6.45, 7) is 0. The summed E-state index contributed by atoms with van der Waals surface area (Å²) in [5, 5.41) is 18.6. The van der Waals surface area contributed by atoms with Crippen molar-refractivity contribution in [1.82, 2.24) is 0 Å². The van der Waals surface area contributed by atoms with Crippen LogP contribution in [0.1, 0.15) is 20.7 Å². The van der Waals surface area contributed by atoms with E-state index in [-0.39, 0.29) is 22.6 Å². The number of ether oxygens (including phenoxy) is 1. The van der Waals surface area contributed by atoms with Gasteiger partial charge in [0.05, 0.1) is 0 Å². The SMILES string of the molecule is O=C(Oc1ccccc1C(=O)O)c1cc(Br)ccc1O. The van der Waals surface area contributed by atoms with Crippen molar-refractivity contribution in [2.45, 2.75) is 0 Å². The fourth-order valence-corrected chi connectivity index (χ4v) is 1.92. The minimum Gasteiger partial charge on any atom is -0.507 e. The number of para-hydroxylation sites is 1. The van der Waals surface area contributed by atoms with E-state index in [1.807, 2.05) is 0 Å². The minimum atomic E-state index is -1.20. The lowest BCUT2D eigenvalue weighted by atomic mass is 10.2. The molecule has 0 aliphatic heterocycles. The number of carboxylic acids is 1. The first-order chi connectivity index (χ1) is 9.49. The zero-order chi connectivity index (χ0) is 14.7. The molecule has 2 rings (SSSR count). The van der Waals surface area contributed by atoms with Gasteiger partial charge in [-0.05, 0) is 30.3 Å². The molecule has 0 heterocycles. The van der Waals surface area contributed by atoms with Crippen LogP contribution in [-0.2, 0) is 0 Å². The average Bonchev–Trinajstić information content (AvgIpc) is 2.41. The summed E-state index contributed by atoms with van der Waals surface area (Å²) in [5.41, 5.74) is -0.185. The molecule has 0 radical (unpaired) electrons. The molecule has 0 saturated carbocycles. The number of esters is 1. The van der Waals surface area contributed by atoms with Gasteiger partial charge in [0.25, 0.3) is 0 Å². The molecule has 102 valence electrons. The van der Waals surface area contributed by atoms with E-state index in [2.05, 4.69) is 15.9 Å². The quantitative estimate of drug-likeness (QED) is 0.664. The molecule has 0 spiro atoms. The summed E-state index contributed by atoms with van der Waals surface area (Å²) >= 11 is 3.17. The Kier molecular flexibility index (Phi) is 4.05. The second-order valence-corrected chi connectivity index (χ2v) is 4.77. The van der Waals surface area contributed by atoms with E-state index in [1.54, 1.807) is 12.1 Å². The lowest BCUT2D eigenvalue weighted by molar-refractivity contribution is 0.0681. The van der Waals surface area contributed by atoms with Crippen molar-refractivity contribution in [3.05, 3.63) is 58.1 Å². The lowest BCUT2D eigenvalue weighted by Crippen LogP contribution is -2.11. The van der Waals surface area contributed by atoms with Gasteiger partial charge in [0, 0.05) is 4.47 Å². The number of benzene rings is 2. The highest BCUT2D eigenvalue weighted by Crippen LogP contribution is 2.25. The van der Waals surface area contributed by atoms with Crippen LogP contribution >= 0.6 is 15.9 Å². The van der Waals surface area contributed by atoms with Crippen molar-refractivity contribution >= 4 is 27.9 Å². The molecule has 0 aliphatic carbocycles. The van der Waals surface area contributed by atoms with E-state index in [0.717, 1.165) is 0 Å². The van der Waals surface area contributed by atoms with Gasteiger partial charge >= 0.3 is 11.9 Å². The maximum Gasteiger partial charge on any atom is 0.347 e. The summed E-state index contributed by atoms with van der Waals surface area (Å²) in [5.74, 6) is -2.36. The number of hydrogen-bond acceptors (Lipinski definition) is 4. The van der Waals surface area contributed by atoms with Crippen LogP contribution in [0.15, 0.2) is 46.9 Å². The zero-order valence-corrected chi connectivity index (χ0v) is 11.6. The Morgan fingerprint density at radius 1 is 1.05 bits per heavy atom. The molecule has 0 bridgehead atoms. The van der Waals surface area contributed by atoms with Gasteiger partial charge in [-0.15, -0.1) is 0 Å². The van der Waals surface area contributed by atoms with Gasteiger partial charge in [0.15, 0.2) is 0 Å². The molecule has 0 saturated heterocycles. The van der Waals surface area contributed by atoms with Crippen LogP contribution in [0.5, 0.6) is 11.5 Å². The number of phenolic OH excluding ortho intramolecular Hbond substituents is 1. The van der Waals surface area contributed by atoms with Gasteiger partial charge in [-0.1, -0.05) is 28.1 Å². The van der Waals surface area contributed by atoms with Crippen LogP contribution in [0.4, 0.5) is 0 Å². The van der Waals surface area contributed by atoms with Crippen LogP contribution in [0.2, 0.25) is 0 Å². The second kappa shape index (κ2) is 5.75. The van der Waals surface area contributed by atoms with Crippen molar-refractivity contribution in [1.29, 1.82) is 0 Å². The van der Waals surface area contributed by atoms with Gasteiger partial charge in [-0.2, -0.15) is 0 Å². The fraction of sp³-hybridized carbons (Fsp3) is 0. The molecule has 0 aromatic heterocycles. The molecule has 20 heavy (non-hydrogen) atoms. The summed E-state index contributed by atoms with van der Waals surface area (Å²) in [6.07, 6.45) is 0. The van der Waals surface area contributed by atoms with Gasteiger partial charge in [-0.3, -0.25) is 0 Å². The van der Waals surface area contributed by atoms with Crippen molar-refractivity contribution in [2.24, 2.45) is 0 Å². The Morgan fingerprint density at radius 3 is 2.45 bits per heavy atom. The third-order valence-corrected chi connectivity index (χ3v) is 2.99. The highest BCUT2D eigenvalue weighted by Gasteiger charge is 2.18. The summed E-state index contributed by atoms with van der Waals surface area (Å²) in [4.78, 5) is 23.0. The van der Waals surface area contributed by atoms with E-state index in [0.29, 0.717) is 4.47 Å². The maximum absolute atomic E-state index is 12.0. The molecule has 0 aliphatic rings. The van der Waals surface area contributed by atoms with Crippen molar-refractivity contribution < 1.29 is 24.5 Å². The van der Waals surface area contributed by atoms with E-state index in [9.17, 15) is 14.7 Å². The monoisotopic (exact) mass is 336 g/mol. The smallest absolute Gasteiger partial charge is 0.347 e. The van der Waals surface area contributed by atoms with Crippen LogP contribution in [0, 0.1) is 0 Å². The third kappa shape index (κ3) is 2.97. The Balaban J connectivity index is 2.33. The Bertz CT molecular complexity index is 681. The summed E-state index contributed by atoms with van der Waals surface area (Å²) in [6, 6.07) is 10.1. The van der Waals surface area contributed by atoms with E-state index >= 15 is 0 Å². The number of carboxylic acid groups (broad SMARTS) is 1. The number of aromatic hydroxyl groups is 1. The predicted molar refractivity (Wildman–Crippen MR) is 74.2 cm³/mol. The Hall–Kier alpha value is -2.34. The highest BCUT2D eigenvalue weighted by atomic mass is 79.9. The van der Waals surface area contributed by atoms with Crippen LogP contribution in [-0.4, -0.2) is 22.2 Å². The van der Waals surface area contributed by atoms with E-state index in [1.165, 1.54) is 30.3 Å².